The third-order valence-electron chi connectivity index (χ3n) is 2.87. The van der Waals surface area contributed by atoms with Crippen molar-refractivity contribution in [2.24, 2.45) is 0 Å². The van der Waals surface area contributed by atoms with Crippen molar-refractivity contribution in [2.45, 2.75) is 18.9 Å². The molecule has 1 aliphatic rings. The molecule has 0 amide bonds. The van der Waals surface area contributed by atoms with Gasteiger partial charge < -0.3 is 0 Å². The molecule has 0 aromatic heterocycles. The summed E-state index contributed by atoms with van der Waals surface area (Å²) in [5.41, 5.74) is 2.35. The van der Waals surface area contributed by atoms with Crippen molar-refractivity contribution in [3.05, 3.63) is 39.4 Å². The van der Waals surface area contributed by atoms with Gasteiger partial charge in [0.05, 0.1) is 11.5 Å². The van der Waals surface area contributed by atoms with Crippen LogP contribution < -0.4 is 5.32 Å². The zero-order valence-electron chi connectivity index (χ0n) is 8.77. The SMILES string of the molecule is C#CCN[C@H]1CCc2ccc([N+](=O)[O-])cc21. The number of hydrogen-bond donors (Lipinski definition) is 1. The van der Waals surface area contributed by atoms with E-state index in [2.05, 4.69) is 11.2 Å². The van der Waals surface area contributed by atoms with Crippen molar-refractivity contribution in [1.82, 2.24) is 5.32 Å². The van der Waals surface area contributed by atoms with Crippen molar-refractivity contribution in [3.63, 3.8) is 0 Å². The summed E-state index contributed by atoms with van der Waals surface area (Å²) in [6, 6.07) is 5.20. The van der Waals surface area contributed by atoms with Crippen LogP contribution >= 0.6 is 0 Å². The molecule has 2 rings (SSSR count). The molecular formula is C12H12N2O2. The fraction of sp³-hybridized carbons (Fsp3) is 0.333. The minimum absolute atomic E-state index is 0.146. The summed E-state index contributed by atoms with van der Waals surface area (Å²) in [5, 5.41) is 13.9. The molecule has 4 nitrogen and oxygen atoms in total. The number of fused-ring (bicyclic) bond motifs is 1. The summed E-state index contributed by atoms with van der Waals surface area (Å²) in [5.74, 6) is 2.52. The lowest BCUT2D eigenvalue weighted by molar-refractivity contribution is -0.384. The van der Waals surface area contributed by atoms with Gasteiger partial charge in [-0.2, -0.15) is 0 Å². The highest BCUT2D eigenvalue weighted by atomic mass is 16.6. The first-order valence-electron chi connectivity index (χ1n) is 5.16. The van der Waals surface area contributed by atoms with Gasteiger partial charge in [-0.25, -0.2) is 0 Å². The van der Waals surface area contributed by atoms with Gasteiger partial charge in [0.1, 0.15) is 0 Å². The minimum Gasteiger partial charge on any atom is -0.299 e. The van der Waals surface area contributed by atoms with Crippen LogP contribution in [0, 0.1) is 22.5 Å². The average molecular weight is 216 g/mol. The monoisotopic (exact) mass is 216 g/mol. The van der Waals surface area contributed by atoms with Gasteiger partial charge in [-0.15, -0.1) is 6.42 Å². The molecule has 4 heteroatoms. The highest BCUT2D eigenvalue weighted by molar-refractivity contribution is 5.44. The second-order valence-electron chi connectivity index (χ2n) is 3.82. The van der Waals surface area contributed by atoms with E-state index in [9.17, 15) is 10.1 Å². The van der Waals surface area contributed by atoms with Crippen molar-refractivity contribution in [2.75, 3.05) is 6.54 Å². The van der Waals surface area contributed by atoms with Crippen LogP contribution in [0.1, 0.15) is 23.6 Å². The van der Waals surface area contributed by atoms with Crippen LogP contribution in [0.4, 0.5) is 5.69 Å². The number of non-ortho nitro benzene ring substituents is 1. The van der Waals surface area contributed by atoms with Crippen LogP contribution in [-0.2, 0) is 6.42 Å². The number of hydrogen-bond acceptors (Lipinski definition) is 3. The third-order valence-corrected chi connectivity index (χ3v) is 2.87. The zero-order chi connectivity index (χ0) is 11.5. The van der Waals surface area contributed by atoms with E-state index in [-0.39, 0.29) is 16.7 Å². The molecule has 1 aromatic carbocycles. The number of nitrogens with one attached hydrogen (secondary N) is 1. The molecule has 1 atom stereocenters. The Hall–Kier alpha value is -1.86. The predicted molar refractivity (Wildman–Crippen MR) is 61.0 cm³/mol. The van der Waals surface area contributed by atoms with Crippen LogP contribution in [0.2, 0.25) is 0 Å². The van der Waals surface area contributed by atoms with Gasteiger partial charge in [0.25, 0.3) is 5.69 Å². The number of nitro groups is 1. The van der Waals surface area contributed by atoms with Crippen LogP contribution in [0.3, 0.4) is 0 Å². The highest BCUT2D eigenvalue weighted by Gasteiger charge is 2.23. The second-order valence-corrected chi connectivity index (χ2v) is 3.82. The summed E-state index contributed by atoms with van der Waals surface area (Å²) < 4.78 is 0. The smallest absolute Gasteiger partial charge is 0.269 e. The molecule has 0 spiro atoms. The van der Waals surface area contributed by atoms with Gasteiger partial charge in [-0.1, -0.05) is 12.0 Å². The summed E-state index contributed by atoms with van der Waals surface area (Å²) in [6.45, 7) is 0.493. The molecule has 0 bridgehead atoms. The Kier molecular flexibility index (Phi) is 2.88. The lowest BCUT2D eigenvalue weighted by atomic mass is 10.1. The lowest BCUT2D eigenvalue weighted by Gasteiger charge is -2.11. The van der Waals surface area contributed by atoms with Gasteiger partial charge in [-0.05, 0) is 24.0 Å². The summed E-state index contributed by atoms with van der Waals surface area (Å²) in [6.07, 6.45) is 7.09. The Morgan fingerprint density at radius 1 is 1.62 bits per heavy atom. The molecule has 82 valence electrons. The average Bonchev–Trinajstić information content (AvgIpc) is 2.68. The Morgan fingerprint density at radius 3 is 3.12 bits per heavy atom. The first-order chi connectivity index (χ1) is 7.72. The molecule has 0 radical (unpaired) electrons. The van der Waals surface area contributed by atoms with E-state index in [4.69, 9.17) is 6.42 Å². The van der Waals surface area contributed by atoms with Crippen molar-refractivity contribution < 1.29 is 4.92 Å². The molecule has 1 aromatic rings. The van der Waals surface area contributed by atoms with E-state index in [0.29, 0.717) is 6.54 Å². The maximum Gasteiger partial charge on any atom is 0.269 e. The Morgan fingerprint density at radius 2 is 2.44 bits per heavy atom. The van der Waals surface area contributed by atoms with Crippen molar-refractivity contribution >= 4 is 5.69 Å². The van der Waals surface area contributed by atoms with Crippen LogP contribution in [0.5, 0.6) is 0 Å². The van der Waals surface area contributed by atoms with Crippen molar-refractivity contribution in [3.8, 4) is 12.3 Å². The minimum atomic E-state index is -0.364. The molecule has 0 heterocycles. The van der Waals surface area contributed by atoms with Crippen LogP contribution in [0.15, 0.2) is 18.2 Å². The maximum absolute atomic E-state index is 10.7. The van der Waals surface area contributed by atoms with Crippen molar-refractivity contribution in [1.29, 1.82) is 0 Å². The fourth-order valence-corrected chi connectivity index (χ4v) is 2.10. The number of nitrogens with zero attached hydrogens (tertiary/aromatic N) is 1. The molecular weight excluding hydrogens is 204 g/mol. The van der Waals surface area contributed by atoms with E-state index >= 15 is 0 Å². The fourth-order valence-electron chi connectivity index (χ4n) is 2.10. The van der Waals surface area contributed by atoms with E-state index in [1.54, 1.807) is 12.1 Å². The number of terminal acetylenes is 1. The Labute approximate surface area is 93.8 Å². The largest absolute Gasteiger partial charge is 0.299 e. The van der Waals surface area contributed by atoms with E-state index in [1.165, 1.54) is 5.56 Å². The molecule has 16 heavy (non-hydrogen) atoms. The molecule has 0 aliphatic heterocycles. The summed E-state index contributed by atoms with van der Waals surface area (Å²) in [4.78, 5) is 10.3. The lowest BCUT2D eigenvalue weighted by Crippen LogP contribution is -2.19. The number of nitro benzene ring substituents is 1. The quantitative estimate of drug-likeness (QED) is 0.476. The molecule has 0 unspecified atom stereocenters. The summed E-state index contributed by atoms with van der Waals surface area (Å²) >= 11 is 0. The molecule has 0 saturated heterocycles. The highest BCUT2D eigenvalue weighted by Crippen LogP contribution is 2.33. The molecule has 1 N–H and O–H groups in total. The van der Waals surface area contributed by atoms with Gasteiger partial charge >= 0.3 is 0 Å². The maximum atomic E-state index is 10.7. The second kappa shape index (κ2) is 4.33. The molecule has 0 saturated carbocycles. The standard InChI is InChI=1S/C12H12N2O2/c1-2-7-13-12-6-4-9-3-5-10(14(15)16)8-11(9)12/h1,3,5,8,12-13H,4,6-7H2/t12-/m0/s1. The van der Waals surface area contributed by atoms with Gasteiger partial charge in [0.2, 0.25) is 0 Å². The van der Waals surface area contributed by atoms with E-state index in [1.807, 2.05) is 6.07 Å². The Balaban J connectivity index is 2.27. The number of rotatable bonds is 3. The van der Waals surface area contributed by atoms with Gasteiger partial charge in [0, 0.05) is 18.2 Å². The predicted octanol–water partition coefficient (Wildman–Crippen LogP) is 1.80. The van der Waals surface area contributed by atoms with E-state index in [0.717, 1.165) is 18.4 Å². The van der Waals surface area contributed by atoms with Crippen LogP contribution in [0.25, 0.3) is 0 Å². The van der Waals surface area contributed by atoms with Gasteiger partial charge in [-0.3, -0.25) is 15.4 Å². The van der Waals surface area contributed by atoms with Crippen LogP contribution in [-0.4, -0.2) is 11.5 Å². The zero-order valence-corrected chi connectivity index (χ0v) is 8.77. The number of aryl methyl sites for hydroxylation is 1. The normalized spacial score (nSPS) is 17.8. The first kappa shape index (κ1) is 10.7. The Bertz CT molecular complexity index is 463. The molecule has 1 aliphatic carbocycles. The number of benzene rings is 1. The molecule has 0 fully saturated rings. The third kappa shape index (κ3) is 1.90. The topological polar surface area (TPSA) is 55.2 Å². The van der Waals surface area contributed by atoms with E-state index < -0.39 is 0 Å². The van der Waals surface area contributed by atoms with Gasteiger partial charge in [0.15, 0.2) is 0 Å². The first-order valence-corrected chi connectivity index (χ1v) is 5.16. The summed E-state index contributed by atoms with van der Waals surface area (Å²) in [7, 11) is 0.